The zero-order chi connectivity index (χ0) is 13.8. The molecule has 2 aromatic rings. The van der Waals surface area contributed by atoms with Crippen molar-refractivity contribution in [2.45, 2.75) is 6.54 Å². The molecule has 19 heavy (non-hydrogen) atoms. The fourth-order valence-corrected chi connectivity index (χ4v) is 1.77. The van der Waals surface area contributed by atoms with Gasteiger partial charge in [-0.2, -0.15) is 0 Å². The van der Waals surface area contributed by atoms with Crippen LogP contribution >= 0.6 is 11.6 Å². The van der Waals surface area contributed by atoms with Crippen LogP contribution in [-0.2, 0) is 6.54 Å². The topological polar surface area (TPSA) is 88.0 Å². The number of nitrogens with zero attached hydrogens (tertiary/aromatic N) is 1. The van der Waals surface area contributed by atoms with E-state index in [9.17, 15) is 14.9 Å². The Hall–Kier alpha value is -2.34. The molecule has 6 nitrogen and oxygen atoms in total. The lowest BCUT2D eigenvalue weighted by Gasteiger charge is -2.05. The first-order valence-electron chi connectivity index (χ1n) is 5.42. The third-order valence-corrected chi connectivity index (χ3v) is 2.75. The van der Waals surface area contributed by atoms with Gasteiger partial charge in [0.1, 0.15) is 5.56 Å². The SMILES string of the molecule is O=C(NCc1cc[nH]c1)c1cc(Cl)ccc1[N+](=O)[O-]. The van der Waals surface area contributed by atoms with Gasteiger partial charge < -0.3 is 10.3 Å². The van der Waals surface area contributed by atoms with E-state index in [1.54, 1.807) is 18.5 Å². The average Bonchev–Trinajstić information content (AvgIpc) is 2.88. The Kier molecular flexibility index (Phi) is 3.82. The zero-order valence-corrected chi connectivity index (χ0v) is 10.5. The van der Waals surface area contributed by atoms with Crippen LogP contribution in [0.3, 0.4) is 0 Å². The maximum atomic E-state index is 11.9. The molecule has 98 valence electrons. The molecule has 2 N–H and O–H groups in total. The van der Waals surface area contributed by atoms with Crippen molar-refractivity contribution in [1.29, 1.82) is 0 Å². The van der Waals surface area contributed by atoms with E-state index in [0.717, 1.165) is 5.56 Å². The van der Waals surface area contributed by atoms with Gasteiger partial charge in [0.05, 0.1) is 4.92 Å². The first-order valence-corrected chi connectivity index (χ1v) is 5.79. The molecule has 1 amide bonds. The van der Waals surface area contributed by atoms with Crippen molar-refractivity contribution in [3.05, 3.63) is 62.9 Å². The number of nitro benzene ring substituents is 1. The molecule has 0 bridgehead atoms. The summed E-state index contributed by atoms with van der Waals surface area (Å²) in [6.45, 7) is 0.284. The standard InChI is InChI=1S/C12H10ClN3O3/c13-9-1-2-11(16(18)19)10(5-9)12(17)15-7-8-3-4-14-6-8/h1-6,14H,7H2,(H,15,17). The molecule has 0 spiro atoms. The molecule has 0 radical (unpaired) electrons. The highest BCUT2D eigenvalue weighted by Gasteiger charge is 2.20. The summed E-state index contributed by atoms with van der Waals surface area (Å²) in [4.78, 5) is 25.0. The van der Waals surface area contributed by atoms with Crippen LogP contribution in [0.25, 0.3) is 0 Å². The predicted octanol–water partition coefficient (Wildman–Crippen LogP) is 2.51. The number of amides is 1. The highest BCUT2D eigenvalue weighted by Crippen LogP contribution is 2.22. The van der Waals surface area contributed by atoms with E-state index in [1.165, 1.54) is 18.2 Å². The summed E-state index contributed by atoms with van der Waals surface area (Å²) in [6, 6.07) is 5.68. The minimum atomic E-state index is -0.610. The number of nitrogens with one attached hydrogen (secondary N) is 2. The molecule has 0 aliphatic heterocycles. The van der Waals surface area contributed by atoms with Crippen molar-refractivity contribution in [2.75, 3.05) is 0 Å². The van der Waals surface area contributed by atoms with Crippen molar-refractivity contribution in [3.8, 4) is 0 Å². The Morgan fingerprint density at radius 2 is 2.21 bits per heavy atom. The van der Waals surface area contributed by atoms with Crippen LogP contribution in [0.15, 0.2) is 36.7 Å². The first-order chi connectivity index (χ1) is 9.08. The van der Waals surface area contributed by atoms with Gasteiger partial charge in [-0.1, -0.05) is 11.6 Å². The summed E-state index contributed by atoms with van der Waals surface area (Å²) in [7, 11) is 0. The molecule has 0 aliphatic rings. The van der Waals surface area contributed by atoms with Gasteiger partial charge in [0, 0.05) is 30.0 Å². The van der Waals surface area contributed by atoms with Crippen LogP contribution in [0.5, 0.6) is 0 Å². The quantitative estimate of drug-likeness (QED) is 0.666. The van der Waals surface area contributed by atoms with Crippen molar-refractivity contribution in [1.82, 2.24) is 10.3 Å². The molecular weight excluding hydrogens is 270 g/mol. The molecule has 0 aliphatic carbocycles. The lowest BCUT2D eigenvalue weighted by Crippen LogP contribution is -2.23. The van der Waals surface area contributed by atoms with Crippen LogP contribution in [0.1, 0.15) is 15.9 Å². The molecule has 1 aromatic heterocycles. The number of aromatic nitrogens is 1. The van der Waals surface area contributed by atoms with E-state index >= 15 is 0 Å². The van der Waals surface area contributed by atoms with Crippen LogP contribution in [-0.4, -0.2) is 15.8 Å². The van der Waals surface area contributed by atoms with E-state index in [-0.39, 0.29) is 22.8 Å². The summed E-state index contributed by atoms with van der Waals surface area (Å²) in [5.74, 6) is -0.532. The third kappa shape index (κ3) is 3.11. The molecule has 0 saturated heterocycles. The number of rotatable bonds is 4. The Morgan fingerprint density at radius 1 is 1.42 bits per heavy atom. The van der Waals surface area contributed by atoms with Gasteiger partial charge in [-0.3, -0.25) is 14.9 Å². The van der Waals surface area contributed by atoms with Crippen LogP contribution in [0.4, 0.5) is 5.69 Å². The van der Waals surface area contributed by atoms with Crippen LogP contribution in [0.2, 0.25) is 5.02 Å². The van der Waals surface area contributed by atoms with Crippen molar-refractivity contribution < 1.29 is 9.72 Å². The number of hydrogen-bond donors (Lipinski definition) is 2. The van der Waals surface area contributed by atoms with E-state index in [4.69, 9.17) is 11.6 Å². The van der Waals surface area contributed by atoms with E-state index in [2.05, 4.69) is 10.3 Å². The minimum absolute atomic E-state index is 0.0481. The highest BCUT2D eigenvalue weighted by atomic mass is 35.5. The number of halogens is 1. The Labute approximate surface area is 113 Å². The zero-order valence-electron chi connectivity index (χ0n) is 9.72. The second-order valence-electron chi connectivity index (χ2n) is 3.82. The predicted molar refractivity (Wildman–Crippen MR) is 70.1 cm³/mol. The van der Waals surface area contributed by atoms with Crippen molar-refractivity contribution >= 4 is 23.2 Å². The Balaban J connectivity index is 2.18. The second-order valence-corrected chi connectivity index (χ2v) is 4.26. The maximum Gasteiger partial charge on any atom is 0.282 e. The van der Waals surface area contributed by atoms with Crippen LogP contribution in [0, 0.1) is 10.1 Å². The van der Waals surface area contributed by atoms with Crippen molar-refractivity contribution in [2.24, 2.45) is 0 Å². The number of nitro groups is 1. The molecule has 0 atom stereocenters. The van der Waals surface area contributed by atoms with Gasteiger partial charge in [0.15, 0.2) is 0 Å². The summed E-state index contributed by atoms with van der Waals surface area (Å²) >= 11 is 5.76. The fourth-order valence-electron chi connectivity index (χ4n) is 1.60. The minimum Gasteiger partial charge on any atom is -0.367 e. The summed E-state index contributed by atoms with van der Waals surface area (Å²) < 4.78 is 0. The maximum absolute atomic E-state index is 11.9. The van der Waals surface area contributed by atoms with E-state index in [1.807, 2.05) is 0 Å². The molecule has 1 heterocycles. The number of aromatic amines is 1. The van der Waals surface area contributed by atoms with Gasteiger partial charge in [-0.25, -0.2) is 0 Å². The first kappa shape index (κ1) is 13.1. The van der Waals surface area contributed by atoms with E-state index in [0.29, 0.717) is 0 Å². The molecular formula is C12H10ClN3O3. The van der Waals surface area contributed by atoms with E-state index < -0.39 is 10.8 Å². The average molecular weight is 280 g/mol. The number of hydrogen-bond acceptors (Lipinski definition) is 3. The smallest absolute Gasteiger partial charge is 0.282 e. The number of benzene rings is 1. The van der Waals surface area contributed by atoms with Gasteiger partial charge in [0.2, 0.25) is 0 Å². The molecule has 0 saturated carbocycles. The largest absolute Gasteiger partial charge is 0.367 e. The molecule has 7 heteroatoms. The fraction of sp³-hybridized carbons (Fsp3) is 0.0833. The Bertz CT molecular complexity index is 611. The Morgan fingerprint density at radius 3 is 2.84 bits per heavy atom. The number of carbonyl (C=O) groups excluding carboxylic acids is 1. The van der Waals surface area contributed by atoms with Crippen molar-refractivity contribution in [3.63, 3.8) is 0 Å². The monoisotopic (exact) mass is 279 g/mol. The summed E-state index contributed by atoms with van der Waals surface area (Å²) in [5.41, 5.74) is 0.557. The molecule has 0 fully saturated rings. The lowest BCUT2D eigenvalue weighted by atomic mass is 10.1. The van der Waals surface area contributed by atoms with Gasteiger partial charge in [-0.15, -0.1) is 0 Å². The summed E-state index contributed by atoms with van der Waals surface area (Å²) in [6.07, 6.45) is 3.45. The van der Waals surface area contributed by atoms with Gasteiger partial charge >= 0.3 is 0 Å². The molecule has 1 aromatic carbocycles. The molecule has 0 unspecified atom stereocenters. The second kappa shape index (κ2) is 5.53. The van der Waals surface area contributed by atoms with Crippen LogP contribution < -0.4 is 5.32 Å². The third-order valence-electron chi connectivity index (χ3n) is 2.52. The van der Waals surface area contributed by atoms with Gasteiger partial charge in [-0.05, 0) is 23.8 Å². The number of carbonyl (C=O) groups is 1. The highest BCUT2D eigenvalue weighted by molar-refractivity contribution is 6.31. The number of H-pyrrole nitrogens is 1. The molecule has 2 rings (SSSR count). The van der Waals surface area contributed by atoms with Gasteiger partial charge in [0.25, 0.3) is 11.6 Å². The summed E-state index contributed by atoms with van der Waals surface area (Å²) in [5, 5.41) is 13.7. The lowest BCUT2D eigenvalue weighted by molar-refractivity contribution is -0.385. The normalized spacial score (nSPS) is 10.2.